The number of carbonyl (C=O) groups is 1. The van der Waals surface area contributed by atoms with Gasteiger partial charge in [0, 0.05) is 48.8 Å². The average Bonchev–Trinajstić information content (AvgIpc) is 3.17. The van der Waals surface area contributed by atoms with E-state index in [1.807, 2.05) is 14.1 Å². The Kier molecular flexibility index (Phi) is 6.17. The minimum absolute atomic E-state index is 0.0461. The third-order valence-electron chi connectivity index (χ3n) is 5.12. The molecule has 5 heteroatoms. The standard InChI is InChI=1S/C21H26ClN3O/c1-24(2)19-11-7-16(8-12-19)20(25-13-3-4-14-25)15-23-21(26)17-5-9-18(22)10-6-17/h5-12,20H,3-4,13-15H2,1-2H3,(H,23,26)/p+1/t20-/m0/s1. The summed E-state index contributed by atoms with van der Waals surface area (Å²) >= 11 is 5.91. The first-order chi connectivity index (χ1) is 12.5. The van der Waals surface area contributed by atoms with Crippen LogP contribution in [0.5, 0.6) is 0 Å². The van der Waals surface area contributed by atoms with Gasteiger partial charge < -0.3 is 15.1 Å². The van der Waals surface area contributed by atoms with Crippen LogP contribution in [0.4, 0.5) is 5.69 Å². The van der Waals surface area contributed by atoms with Crippen molar-refractivity contribution in [3.8, 4) is 0 Å². The molecular formula is C21H27ClN3O+. The minimum Gasteiger partial charge on any atom is -0.378 e. The maximum absolute atomic E-state index is 12.5. The van der Waals surface area contributed by atoms with E-state index in [-0.39, 0.29) is 11.9 Å². The molecule has 0 aromatic heterocycles. The Bertz CT molecular complexity index is 722. The number of amides is 1. The van der Waals surface area contributed by atoms with Crippen molar-refractivity contribution in [3.63, 3.8) is 0 Å². The summed E-state index contributed by atoms with van der Waals surface area (Å²) in [6.07, 6.45) is 2.51. The molecule has 2 aromatic rings. The van der Waals surface area contributed by atoms with Gasteiger partial charge in [-0.3, -0.25) is 4.79 Å². The molecule has 0 unspecified atom stereocenters. The fourth-order valence-corrected chi connectivity index (χ4v) is 3.70. The highest BCUT2D eigenvalue weighted by Crippen LogP contribution is 2.17. The van der Waals surface area contributed by atoms with E-state index in [9.17, 15) is 4.79 Å². The van der Waals surface area contributed by atoms with Gasteiger partial charge in [-0.05, 0) is 36.4 Å². The van der Waals surface area contributed by atoms with E-state index in [0.29, 0.717) is 17.1 Å². The van der Waals surface area contributed by atoms with E-state index >= 15 is 0 Å². The molecule has 3 rings (SSSR count). The summed E-state index contributed by atoms with van der Waals surface area (Å²) in [5.74, 6) is -0.0461. The zero-order valence-electron chi connectivity index (χ0n) is 15.5. The Balaban J connectivity index is 1.72. The Morgan fingerprint density at radius 3 is 2.27 bits per heavy atom. The van der Waals surface area contributed by atoms with Crippen molar-refractivity contribution >= 4 is 23.2 Å². The molecule has 0 aliphatic carbocycles. The van der Waals surface area contributed by atoms with Crippen molar-refractivity contribution in [3.05, 3.63) is 64.7 Å². The van der Waals surface area contributed by atoms with E-state index in [2.05, 4.69) is 34.5 Å². The highest BCUT2D eigenvalue weighted by molar-refractivity contribution is 6.30. The number of nitrogens with zero attached hydrogens (tertiary/aromatic N) is 1. The van der Waals surface area contributed by atoms with Crippen molar-refractivity contribution < 1.29 is 9.69 Å². The predicted octanol–water partition coefficient (Wildman–Crippen LogP) is 2.56. The van der Waals surface area contributed by atoms with Crippen LogP contribution in [0.3, 0.4) is 0 Å². The van der Waals surface area contributed by atoms with Gasteiger partial charge in [-0.2, -0.15) is 0 Å². The summed E-state index contributed by atoms with van der Waals surface area (Å²) in [7, 11) is 4.09. The molecule has 1 aliphatic heterocycles. The summed E-state index contributed by atoms with van der Waals surface area (Å²) < 4.78 is 0. The number of carbonyl (C=O) groups excluding carboxylic acids is 1. The van der Waals surface area contributed by atoms with Gasteiger partial charge in [0.15, 0.2) is 0 Å². The van der Waals surface area contributed by atoms with Crippen LogP contribution in [0.25, 0.3) is 0 Å². The number of halogens is 1. The second-order valence-corrected chi connectivity index (χ2v) is 7.56. The van der Waals surface area contributed by atoms with Crippen molar-refractivity contribution in [2.75, 3.05) is 38.6 Å². The third kappa shape index (κ3) is 4.57. The smallest absolute Gasteiger partial charge is 0.251 e. The van der Waals surface area contributed by atoms with E-state index in [0.717, 1.165) is 13.1 Å². The molecule has 1 heterocycles. The predicted molar refractivity (Wildman–Crippen MR) is 107 cm³/mol. The van der Waals surface area contributed by atoms with Crippen LogP contribution in [0, 0.1) is 0 Å². The lowest BCUT2D eigenvalue weighted by atomic mass is 10.0. The molecular weight excluding hydrogens is 346 g/mol. The maximum atomic E-state index is 12.5. The molecule has 1 aliphatic rings. The monoisotopic (exact) mass is 372 g/mol. The van der Waals surface area contributed by atoms with Crippen LogP contribution < -0.4 is 15.1 Å². The summed E-state index contributed by atoms with van der Waals surface area (Å²) in [5.41, 5.74) is 3.12. The average molecular weight is 373 g/mol. The number of hydrogen-bond acceptors (Lipinski definition) is 2. The lowest BCUT2D eigenvalue weighted by Gasteiger charge is -2.26. The first-order valence-electron chi connectivity index (χ1n) is 9.20. The summed E-state index contributed by atoms with van der Waals surface area (Å²) in [5, 5.41) is 3.76. The Morgan fingerprint density at radius 2 is 1.69 bits per heavy atom. The second-order valence-electron chi connectivity index (χ2n) is 7.12. The second kappa shape index (κ2) is 8.56. The molecule has 1 atom stereocenters. The van der Waals surface area contributed by atoms with Crippen molar-refractivity contribution in [2.24, 2.45) is 0 Å². The topological polar surface area (TPSA) is 36.8 Å². The highest BCUT2D eigenvalue weighted by Gasteiger charge is 2.28. The Labute approximate surface area is 160 Å². The lowest BCUT2D eigenvalue weighted by Crippen LogP contribution is -3.11. The van der Waals surface area contributed by atoms with Crippen LogP contribution in [0.2, 0.25) is 5.02 Å². The van der Waals surface area contributed by atoms with E-state index < -0.39 is 0 Å². The molecule has 2 N–H and O–H groups in total. The molecule has 1 saturated heterocycles. The van der Waals surface area contributed by atoms with Crippen molar-refractivity contribution in [2.45, 2.75) is 18.9 Å². The van der Waals surface area contributed by atoms with Crippen molar-refractivity contribution in [1.82, 2.24) is 5.32 Å². The molecule has 2 aromatic carbocycles. The molecule has 138 valence electrons. The molecule has 0 radical (unpaired) electrons. The molecule has 4 nitrogen and oxygen atoms in total. The molecule has 0 bridgehead atoms. The van der Waals surface area contributed by atoms with Crippen LogP contribution in [-0.4, -0.2) is 39.6 Å². The van der Waals surface area contributed by atoms with Gasteiger partial charge in [-0.15, -0.1) is 0 Å². The van der Waals surface area contributed by atoms with E-state index in [1.165, 1.54) is 24.1 Å². The number of nitrogens with one attached hydrogen (secondary N) is 2. The van der Waals surface area contributed by atoms with E-state index in [1.54, 1.807) is 29.2 Å². The number of likely N-dealkylation sites (tertiary alicyclic amines) is 1. The summed E-state index contributed by atoms with van der Waals surface area (Å²) in [6.45, 7) is 2.96. The number of benzene rings is 2. The van der Waals surface area contributed by atoms with Crippen LogP contribution >= 0.6 is 11.6 Å². The van der Waals surface area contributed by atoms with Gasteiger partial charge >= 0.3 is 0 Å². The molecule has 26 heavy (non-hydrogen) atoms. The van der Waals surface area contributed by atoms with Gasteiger partial charge in [0.2, 0.25) is 0 Å². The third-order valence-corrected chi connectivity index (χ3v) is 5.38. The largest absolute Gasteiger partial charge is 0.378 e. The normalized spacial score (nSPS) is 15.7. The number of rotatable bonds is 6. The summed E-state index contributed by atoms with van der Waals surface area (Å²) in [4.78, 5) is 16.1. The van der Waals surface area contributed by atoms with Gasteiger partial charge in [-0.25, -0.2) is 0 Å². The lowest BCUT2D eigenvalue weighted by molar-refractivity contribution is -0.918. The zero-order valence-corrected chi connectivity index (χ0v) is 16.2. The SMILES string of the molecule is CN(C)c1ccc([C@H](CNC(=O)c2ccc(Cl)cc2)[NH+]2CCCC2)cc1. The summed E-state index contributed by atoms with van der Waals surface area (Å²) in [6, 6.07) is 16.0. The minimum atomic E-state index is -0.0461. The Hall–Kier alpha value is -2.04. The van der Waals surface area contributed by atoms with Crippen LogP contribution in [-0.2, 0) is 0 Å². The van der Waals surface area contributed by atoms with Gasteiger partial charge in [0.25, 0.3) is 5.91 Å². The Morgan fingerprint density at radius 1 is 1.08 bits per heavy atom. The molecule has 1 fully saturated rings. The fraction of sp³-hybridized carbons (Fsp3) is 0.381. The van der Waals surface area contributed by atoms with Gasteiger partial charge in [-0.1, -0.05) is 23.7 Å². The number of quaternary nitrogens is 1. The first kappa shape index (κ1) is 18.7. The number of hydrogen-bond donors (Lipinski definition) is 2. The van der Waals surface area contributed by atoms with Gasteiger partial charge in [0.05, 0.1) is 19.6 Å². The van der Waals surface area contributed by atoms with Gasteiger partial charge in [0.1, 0.15) is 6.04 Å². The molecule has 0 saturated carbocycles. The number of anilines is 1. The van der Waals surface area contributed by atoms with Crippen molar-refractivity contribution in [1.29, 1.82) is 0 Å². The quantitative estimate of drug-likeness (QED) is 0.817. The van der Waals surface area contributed by atoms with Crippen LogP contribution in [0.15, 0.2) is 48.5 Å². The zero-order chi connectivity index (χ0) is 18.5. The fourth-order valence-electron chi connectivity index (χ4n) is 3.58. The molecule has 0 spiro atoms. The van der Waals surface area contributed by atoms with E-state index in [4.69, 9.17) is 11.6 Å². The van der Waals surface area contributed by atoms with Crippen LogP contribution in [0.1, 0.15) is 34.8 Å². The maximum Gasteiger partial charge on any atom is 0.251 e. The molecule has 1 amide bonds. The first-order valence-corrected chi connectivity index (χ1v) is 9.58. The highest BCUT2D eigenvalue weighted by atomic mass is 35.5.